The van der Waals surface area contributed by atoms with Crippen molar-refractivity contribution < 1.29 is 0 Å². The molecule has 22 heavy (non-hydrogen) atoms. The van der Waals surface area contributed by atoms with Gasteiger partial charge in [0.1, 0.15) is 0 Å². The Kier molecular flexibility index (Phi) is 5.01. The Labute approximate surface area is 141 Å². The van der Waals surface area contributed by atoms with Gasteiger partial charge < -0.3 is 10.6 Å². The molecule has 2 aromatic carbocycles. The highest BCUT2D eigenvalue weighted by molar-refractivity contribution is 7.99. The average molecular weight is 329 g/mol. The summed E-state index contributed by atoms with van der Waals surface area (Å²) in [6.07, 6.45) is 2.13. The van der Waals surface area contributed by atoms with Crippen LogP contribution in [0.15, 0.2) is 53.4 Å². The molecule has 0 saturated carbocycles. The Bertz CT molecular complexity index is 670. The number of hydrogen-bond acceptors (Lipinski definition) is 2. The average Bonchev–Trinajstić information content (AvgIpc) is 2.55. The molecule has 0 radical (unpaired) electrons. The van der Waals surface area contributed by atoms with E-state index in [0.717, 1.165) is 24.3 Å². The second kappa shape index (κ2) is 7.16. The molecule has 1 aliphatic heterocycles. The van der Waals surface area contributed by atoms with Gasteiger partial charge in [-0.1, -0.05) is 37.3 Å². The molecule has 0 aliphatic carbocycles. The van der Waals surface area contributed by atoms with Crippen LogP contribution in [-0.4, -0.2) is 10.9 Å². The summed E-state index contributed by atoms with van der Waals surface area (Å²) in [5, 5.41) is 7.47. The maximum atomic E-state index is 5.50. The van der Waals surface area contributed by atoms with Gasteiger partial charge in [-0.25, -0.2) is 0 Å². The van der Waals surface area contributed by atoms with Crippen molar-refractivity contribution >= 4 is 34.8 Å². The first-order chi connectivity index (χ1) is 10.8. The van der Waals surface area contributed by atoms with E-state index in [0.29, 0.717) is 11.2 Å². The molecule has 1 atom stereocenters. The lowest BCUT2D eigenvalue weighted by Crippen LogP contribution is -2.33. The lowest BCUT2D eigenvalue weighted by atomic mass is 10.0. The van der Waals surface area contributed by atoms with Crippen molar-refractivity contribution in [2.24, 2.45) is 0 Å². The first-order valence-electron chi connectivity index (χ1n) is 7.64. The Balaban J connectivity index is 1.67. The van der Waals surface area contributed by atoms with Crippen LogP contribution in [0.25, 0.3) is 0 Å². The zero-order chi connectivity index (χ0) is 15.4. The van der Waals surface area contributed by atoms with E-state index >= 15 is 0 Å². The summed E-state index contributed by atoms with van der Waals surface area (Å²) in [6.45, 7) is 2.16. The highest BCUT2D eigenvalue weighted by Gasteiger charge is 2.20. The van der Waals surface area contributed by atoms with E-state index in [1.807, 2.05) is 11.8 Å². The minimum Gasteiger partial charge on any atom is -0.356 e. The molecular formula is C18H20N2S2. The van der Waals surface area contributed by atoms with Gasteiger partial charge in [0.15, 0.2) is 5.11 Å². The Morgan fingerprint density at radius 3 is 2.95 bits per heavy atom. The van der Waals surface area contributed by atoms with E-state index in [4.69, 9.17) is 12.2 Å². The number of hydrogen-bond donors (Lipinski definition) is 2. The van der Waals surface area contributed by atoms with E-state index in [-0.39, 0.29) is 0 Å². The Hall–Kier alpha value is -1.52. The van der Waals surface area contributed by atoms with Gasteiger partial charge in [0.2, 0.25) is 0 Å². The van der Waals surface area contributed by atoms with Crippen LogP contribution in [0.3, 0.4) is 0 Å². The third-order valence-corrected chi connectivity index (χ3v) is 5.20. The van der Waals surface area contributed by atoms with Crippen LogP contribution >= 0.6 is 24.0 Å². The van der Waals surface area contributed by atoms with Crippen LogP contribution < -0.4 is 10.6 Å². The maximum absolute atomic E-state index is 5.50. The molecule has 3 rings (SSSR count). The standard InChI is InChI=1S/C18H20N2S2/c1-2-13-6-5-7-14(12-13)19-18(21)20-16-10-11-22-17-9-4-3-8-15(16)17/h3-9,12,16H,2,10-11H2,1H3,(H2,19,20,21)/t16-/m0/s1. The first-order valence-corrected chi connectivity index (χ1v) is 9.04. The minimum absolute atomic E-state index is 0.298. The molecule has 114 valence electrons. The molecule has 0 saturated heterocycles. The maximum Gasteiger partial charge on any atom is 0.171 e. The number of fused-ring (bicyclic) bond motifs is 1. The molecule has 1 aliphatic rings. The van der Waals surface area contributed by atoms with Crippen LogP contribution in [0, 0.1) is 0 Å². The molecule has 0 spiro atoms. The zero-order valence-electron chi connectivity index (χ0n) is 12.6. The normalized spacial score (nSPS) is 16.7. The van der Waals surface area contributed by atoms with Crippen LogP contribution in [0.1, 0.15) is 30.5 Å². The van der Waals surface area contributed by atoms with Gasteiger partial charge in [0.25, 0.3) is 0 Å². The molecule has 0 amide bonds. The summed E-state index contributed by atoms with van der Waals surface area (Å²) in [5.41, 5.74) is 3.72. The summed E-state index contributed by atoms with van der Waals surface area (Å²) in [5.74, 6) is 1.13. The molecule has 0 bridgehead atoms. The Morgan fingerprint density at radius 2 is 2.09 bits per heavy atom. The number of benzene rings is 2. The van der Waals surface area contributed by atoms with Gasteiger partial charge in [0, 0.05) is 16.3 Å². The highest BCUT2D eigenvalue weighted by atomic mass is 32.2. The van der Waals surface area contributed by atoms with E-state index in [2.05, 4.69) is 66.1 Å². The van der Waals surface area contributed by atoms with Gasteiger partial charge >= 0.3 is 0 Å². The number of nitrogens with one attached hydrogen (secondary N) is 2. The third-order valence-electron chi connectivity index (χ3n) is 3.86. The summed E-state index contributed by atoms with van der Waals surface area (Å²) in [6, 6.07) is 17.3. The summed E-state index contributed by atoms with van der Waals surface area (Å²) < 4.78 is 0. The fourth-order valence-electron chi connectivity index (χ4n) is 2.69. The predicted molar refractivity (Wildman–Crippen MR) is 99.7 cm³/mol. The van der Waals surface area contributed by atoms with Crippen molar-refractivity contribution in [1.29, 1.82) is 0 Å². The van der Waals surface area contributed by atoms with Gasteiger partial charge in [0.05, 0.1) is 6.04 Å². The molecule has 0 aromatic heterocycles. The quantitative estimate of drug-likeness (QED) is 0.792. The number of thioether (sulfide) groups is 1. The number of rotatable bonds is 3. The number of aryl methyl sites for hydroxylation is 1. The van der Waals surface area contributed by atoms with Crippen molar-refractivity contribution in [2.75, 3.05) is 11.1 Å². The van der Waals surface area contributed by atoms with Crippen LogP contribution in [0.2, 0.25) is 0 Å². The van der Waals surface area contributed by atoms with E-state index < -0.39 is 0 Å². The second-order valence-corrected chi connectivity index (χ2v) is 6.92. The van der Waals surface area contributed by atoms with E-state index in [9.17, 15) is 0 Å². The summed E-state index contributed by atoms with van der Waals surface area (Å²) in [7, 11) is 0. The lowest BCUT2D eigenvalue weighted by molar-refractivity contribution is 0.614. The molecule has 4 heteroatoms. The number of anilines is 1. The van der Waals surface area contributed by atoms with Crippen molar-refractivity contribution in [3.8, 4) is 0 Å². The zero-order valence-corrected chi connectivity index (χ0v) is 14.3. The van der Waals surface area contributed by atoms with Crippen LogP contribution in [0.5, 0.6) is 0 Å². The molecule has 0 fully saturated rings. The third kappa shape index (κ3) is 3.62. The summed E-state index contributed by atoms with van der Waals surface area (Å²) >= 11 is 7.42. The van der Waals surface area contributed by atoms with Crippen molar-refractivity contribution in [3.63, 3.8) is 0 Å². The number of thiocarbonyl (C=S) groups is 1. The molecule has 2 nitrogen and oxygen atoms in total. The molecule has 2 N–H and O–H groups in total. The fraction of sp³-hybridized carbons (Fsp3) is 0.278. The first kappa shape index (κ1) is 15.4. The van der Waals surface area contributed by atoms with Gasteiger partial charge in [-0.05, 0) is 54.4 Å². The highest BCUT2D eigenvalue weighted by Crippen LogP contribution is 2.35. The van der Waals surface area contributed by atoms with Crippen molar-refractivity contribution in [2.45, 2.75) is 30.7 Å². The predicted octanol–water partition coefficient (Wildman–Crippen LogP) is 4.77. The minimum atomic E-state index is 0.298. The molecule has 0 unspecified atom stereocenters. The van der Waals surface area contributed by atoms with E-state index in [1.54, 1.807) is 0 Å². The molecular weight excluding hydrogens is 308 g/mol. The van der Waals surface area contributed by atoms with Gasteiger partial charge in [-0.15, -0.1) is 11.8 Å². The Morgan fingerprint density at radius 1 is 1.23 bits per heavy atom. The van der Waals surface area contributed by atoms with Crippen molar-refractivity contribution in [1.82, 2.24) is 5.32 Å². The molecule has 2 aromatic rings. The fourth-order valence-corrected chi connectivity index (χ4v) is 4.07. The van der Waals surface area contributed by atoms with E-state index in [1.165, 1.54) is 16.0 Å². The van der Waals surface area contributed by atoms with Crippen LogP contribution in [0.4, 0.5) is 5.69 Å². The van der Waals surface area contributed by atoms with Crippen LogP contribution in [-0.2, 0) is 6.42 Å². The second-order valence-electron chi connectivity index (χ2n) is 5.38. The van der Waals surface area contributed by atoms with Gasteiger partial charge in [-0.3, -0.25) is 0 Å². The monoisotopic (exact) mass is 328 g/mol. The lowest BCUT2D eigenvalue weighted by Gasteiger charge is -2.27. The van der Waals surface area contributed by atoms with Gasteiger partial charge in [-0.2, -0.15) is 0 Å². The largest absolute Gasteiger partial charge is 0.356 e. The topological polar surface area (TPSA) is 24.1 Å². The molecule has 1 heterocycles. The summed E-state index contributed by atoms with van der Waals surface area (Å²) in [4.78, 5) is 1.36. The smallest absolute Gasteiger partial charge is 0.171 e. The van der Waals surface area contributed by atoms with Crippen molar-refractivity contribution in [3.05, 3.63) is 59.7 Å². The SMILES string of the molecule is CCc1cccc(NC(=S)N[C@H]2CCSc3ccccc32)c1.